The van der Waals surface area contributed by atoms with E-state index in [0.717, 1.165) is 31.4 Å². The van der Waals surface area contributed by atoms with Gasteiger partial charge >= 0.3 is 6.18 Å². The molecule has 1 aliphatic rings. The second-order valence-electron chi connectivity index (χ2n) is 5.07. The van der Waals surface area contributed by atoms with Gasteiger partial charge in [0.05, 0.1) is 11.7 Å². The van der Waals surface area contributed by atoms with Gasteiger partial charge in [0.1, 0.15) is 17.6 Å². The molecule has 21 heavy (non-hydrogen) atoms. The Hall–Kier alpha value is -1.81. The molecule has 2 rings (SSSR count). The fourth-order valence-corrected chi connectivity index (χ4v) is 2.50. The van der Waals surface area contributed by atoms with E-state index in [2.05, 4.69) is 10.3 Å². The van der Waals surface area contributed by atoms with Crippen molar-refractivity contribution in [2.75, 3.05) is 12.4 Å². The summed E-state index contributed by atoms with van der Waals surface area (Å²) in [6, 6.07) is 3.80. The van der Waals surface area contributed by atoms with Gasteiger partial charge in [-0.3, -0.25) is 0 Å². The zero-order chi connectivity index (χ0) is 15.5. The van der Waals surface area contributed by atoms with Crippen LogP contribution in [0.3, 0.4) is 0 Å². The second-order valence-corrected chi connectivity index (χ2v) is 5.07. The van der Waals surface area contributed by atoms with Crippen molar-refractivity contribution >= 4 is 5.82 Å². The van der Waals surface area contributed by atoms with E-state index in [1.807, 2.05) is 6.07 Å². The fourth-order valence-electron chi connectivity index (χ4n) is 2.50. The molecule has 1 aliphatic carbocycles. The number of hydrogen-bond donors (Lipinski definition) is 1. The van der Waals surface area contributed by atoms with Crippen LogP contribution < -0.4 is 5.32 Å². The van der Waals surface area contributed by atoms with Crippen LogP contribution in [0.15, 0.2) is 12.1 Å². The van der Waals surface area contributed by atoms with Crippen LogP contribution in [-0.4, -0.2) is 24.2 Å². The first-order valence-corrected chi connectivity index (χ1v) is 6.71. The Labute approximate surface area is 120 Å². The van der Waals surface area contributed by atoms with Gasteiger partial charge in [0.25, 0.3) is 0 Å². The van der Waals surface area contributed by atoms with Crippen LogP contribution in [0.5, 0.6) is 0 Å². The van der Waals surface area contributed by atoms with Gasteiger partial charge in [-0.2, -0.15) is 18.4 Å². The second kappa shape index (κ2) is 6.31. The summed E-state index contributed by atoms with van der Waals surface area (Å²) in [6.07, 6.45) is -1.05. The van der Waals surface area contributed by atoms with E-state index >= 15 is 0 Å². The molecule has 7 heteroatoms. The van der Waals surface area contributed by atoms with E-state index in [9.17, 15) is 13.2 Å². The Morgan fingerprint density at radius 2 is 2.14 bits per heavy atom. The number of nitriles is 1. The third-order valence-electron chi connectivity index (χ3n) is 3.61. The SMILES string of the molecule is COC1CCCC(Nc2nc(C(F)(F)F)ccc2C#N)C1. The molecule has 0 saturated heterocycles. The summed E-state index contributed by atoms with van der Waals surface area (Å²) in [7, 11) is 1.62. The first kappa shape index (κ1) is 15.6. The first-order valence-electron chi connectivity index (χ1n) is 6.71. The average molecular weight is 299 g/mol. The molecule has 1 N–H and O–H groups in total. The molecule has 2 unspecified atom stereocenters. The topological polar surface area (TPSA) is 57.9 Å². The minimum Gasteiger partial charge on any atom is -0.381 e. The number of ether oxygens (including phenoxy) is 1. The normalized spacial score (nSPS) is 22.6. The summed E-state index contributed by atoms with van der Waals surface area (Å²) in [5, 5.41) is 12.0. The largest absolute Gasteiger partial charge is 0.433 e. The van der Waals surface area contributed by atoms with E-state index in [0.29, 0.717) is 6.42 Å². The zero-order valence-electron chi connectivity index (χ0n) is 11.6. The number of nitrogens with one attached hydrogen (secondary N) is 1. The van der Waals surface area contributed by atoms with Gasteiger partial charge in [0, 0.05) is 13.2 Å². The summed E-state index contributed by atoms with van der Waals surface area (Å²) in [5.41, 5.74) is -0.884. The van der Waals surface area contributed by atoms with E-state index in [1.165, 1.54) is 0 Å². The maximum atomic E-state index is 12.7. The van der Waals surface area contributed by atoms with Crippen molar-refractivity contribution in [1.82, 2.24) is 4.98 Å². The number of pyridine rings is 1. The van der Waals surface area contributed by atoms with Gasteiger partial charge < -0.3 is 10.1 Å². The fraction of sp³-hybridized carbons (Fsp3) is 0.571. The third kappa shape index (κ3) is 3.85. The monoisotopic (exact) mass is 299 g/mol. The van der Waals surface area contributed by atoms with Gasteiger partial charge in [-0.15, -0.1) is 0 Å². The lowest BCUT2D eigenvalue weighted by Crippen LogP contribution is -2.31. The van der Waals surface area contributed by atoms with Gasteiger partial charge in [0.15, 0.2) is 0 Å². The highest BCUT2D eigenvalue weighted by Gasteiger charge is 2.33. The number of aromatic nitrogens is 1. The summed E-state index contributed by atoms with van der Waals surface area (Å²) in [4.78, 5) is 3.56. The molecule has 1 aromatic rings. The van der Waals surface area contributed by atoms with Crippen molar-refractivity contribution in [1.29, 1.82) is 5.26 Å². The molecular formula is C14H16F3N3O. The molecule has 0 radical (unpaired) electrons. The zero-order valence-corrected chi connectivity index (χ0v) is 11.6. The van der Waals surface area contributed by atoms with Gasteiger partial charge in [-0.1, -0.05) is 0 Å². The van der Waals surface area contributed by atoms with Crippen molar-refractivity contribution < 1.29 is 17.9 Å². The number of nitrogens with zero attached hydrogens (tertiary/aromatic N) is 2. The molecule has 4 nitrogen and oxygen atoms in total. The van der Waals surface area contributed by atoms with Crippen molar-refractivity contribution in [2.24, 2.45) is 0 Å². The van der Waals surface area contributed by atoms with Crippen molar-refractivity contribution in [3.8, 4) is 6.07 Å². The summed E-state index contributed by atoms with van der Waals surface area (Å²) in [5.74, 6) is -0.00548. The Kier molecular flexibility index (Phi) is 4.68. The number of methoxy groups -OCH3 is 1. The summed E-state index contributed by atoms with van der Waals surface area (Å²) >= 11 is 0. The lowest BCUT2D eigenvalue weighted by Gasteiger charge is -2.29. The lowest BCUT2D eigenvalue weighted by molar-refractivity contribution is -0.141. The van der Waals surface area contributed by atoms with Crippen LogP contribution in [0.4, 0.5) is 19.0 Å². The predicted octanol–water partition coefficient (Wildman–Crippen LogP) is 3.34. The van der Waals surface area contributed by atoms with E-state index in [-0.39, 0.29) is 23.5 Å². The molecule has 2 atom stereocenters. The Morgan fingerprint density at radius 1 is 1.38 bits per heavy atom. The molecule has 0 aromatic carbocycles. The molecule has 114 valence electrons. The third-order valence-corrected chi connectivity index (χ3v) is 3.61. The highest BCUT2D eigenvalue weighted by molar-refractivity contribution is 5.53. The summed E-state index contributed by atoms with van der Waals surface area (Å²) in [6.45, 7) is 0. The minimum atomic E-state index is -4.52. The molecule has 1 aromatic heterocycles. The van der Waals surface area contributed by atoms with Crippen molar-refractivity contribution in [3.05, 3.63) is 23.4 Å². The molecule has 1 saturated carbocycles. The summed E-state index contributed by atoms with van der Waals surface area (Å²) < 4.78 is 43.4. The van der Waals surface area contributed by atoms with Crippen LogP contribution in [-0.2, 0) is 10.9 Å². The number of anilines is 1. The standard InChI is InChI=1S/C14H16F3N3O/c1-21-11-4-2-3-10(7-11)19-13-9(8-18)5-6-12(20-13)14(15,16)17/h5-6,10-11H,2-4,7H2,1H3,(H,19,20). The van der Waals surface area contributed by atoms with Gasteiger partial charge in [0.2, 0.25) is 0 Å². The van der Waals surface area contributed by atoms with E-state index < -0.39 is 11.9 Å². The van der Waals surface area contributed by atoms with E-state index in [1.54, 1.807) is 7.11 Å². The van der Waals surface area contributed by atoms with Gasteiger partial charge in [-0.25, -0.2) is 4.98 Å². The Morgan fingerprint density at radius 3 is 2.76 bits per heavy atom. The van der Waals surface area contributed by atoms with Crippen LogP contribution >= 0.6 is 0 Å². The van der Waals surface area contributed by atoms with Crippen LogP contribution in [0, 0.1) is 11.3 Å². The Bertz CT molecular complexity index is 539. The average Bonchev–Trinajstić information content (AvgIpc) is 2.46. The van der Waals surface area contributed by atoms with Gasteiger partial charge in [-0.05, 0) is 37.8 Å². The van der Waals surface area contributed by atoms with Crippen molar-refractivity contribution in [2.45, 2.75) is 44.0 Å². The van der Waals surface area contributed by atoms with E-state index in [4.69, 9.17) is 10.00 Å². The Balaban J connectivity index is 2.20. The number of alkyl halides is 3. The highest BCUT2D eigenvalue weighted by atomic mass is 19.4. The highest BCUT2D eigenvalue weighted by Crippen LogP contribution is 2.30. The molecule has 1 fully saturated rings. The quantitative estimate of drug-likeness (QED) is 0.930. The smallest absolute Gasteiger partial charge is 0.381 e. The first-order chi connectivity index (χ1) is 9.94. The van der Waals surface area contributed by atoms with Crippen LogP contribution in [0.2, 0.25) is 0 Å². The maximum absolute atomic E-state index is 12.7. The number of hydrogen-bond acceptors (Lipinski definition) is 4. The molecule has 1 heterocycles. The molecule has 0 spiro atoms. The maximum Gasteiger partial charge on any atom is 0.433 e. The van der Waals surface area contributed by atoms with Crippen LogP contribution in [0.25, 0.3) is 0 Å². The molecular weight excluding hydrogens is 283 g/mol. The number of halogens is 3. The lowest BCUT2D eigenvalue weighted by atomic mass is 9.93. The molecule has 0 aliphatic heterocycles. The van der Waals surface area contributed by atoms with Crippen LogP contribution in [0.1, 0.15) is 36.9 Å². The predicted molar refractivity (Wildman–Crippen MR) is 70.6 cm³/mol. The number of rotatable bonds is 3. The molecule has 0 amide bonds. The minimum absolute atomic E-state index is 0.00548. The molecule has 0 bridgehead atoms. The van der Waals surface area contributed by atoms with Crippen molar-refractivity contribution in [3.63, 3.8) is 0 Å².